The molecule has 0 aliphatic heterocycles. The van der Waals surface area contributed by atoms with Crippen molar-refractivity contribution in [3.63, 3.8) is 0 Å². The highest BCUT2D eigenvalue weighted by Crippen LogP contribution is 2.32. The van der Waals surface area contributed by atoms with Crippen molar-refractivity contribution in [2.75, 3.05) is 10.6 Å². The van der Waals surface area contributed by atoms with Crippen molar-refractivity contribution in [3.8, 4) is 11.3 Å². The summed E-state index contributed by atoms with van der Waals surface area (Å²) in [5.74, 6) is -0.213. The van der Waals surface area contributed by atoms with E-state index in [2.05, 4.69) is 42.5 Å². The summed E-state index contributed by atoms with van der Waals surface area (Å²) in [5.41, 5.74) is 2.96. The maximum absolute atomic E-state index is 12.7. The molecular formula is C26H25ClN8O2. The quantitative estimate of drug-likeness (QED) is 0.268. The molecule has 1 aromatic carbocycles. The van der Waals surface area contributed by atoms with Crippen LogP contribution in [-0.2, 0) is 4.79 Å². The minimum absolute atomic E-state index is 0.0380. The number of anilines is 2. The number of benzene rings is 1. The van der Waals surface area contributed by atoms with E-state index in [0.29, 0.717) is 28.8 Å². The number of aromatic nitrogens is 5. The molecule has 0 spiro atoms. The summed E-state index contributed by atoms with van der Waals surface area (Å²) in [5, 5.41) is 10.5. The second-order valence-electron chi connectivity index (χ2n) is 8.81. The number of aromatic amines is 1. The molecule has 1 aliphatic carbocycles. The van der Waals surface area contributed by atoms with E-state index >= 15 is 0 Å². The Morgan fingerprint density at radius 1 is 1.08 bits per heavy atom. The highest BCUT2D eigenvalue weighted by Gasteiger charge is 2.25. The van der Waals surface area contributed by atoms with Crippen LogP contribution < -0.4 is 16.0 Å². The summed E-state index contributed by atoms with van der Waals surface area (Å²) in [4.78, 5) is 44.5. The fraction of sp³-hybridized carbons (Fsp3) is 0.231. The molecule has 0 bridgehead atoms. The predicted molar refractivity (Wildman–Crippen MR) is 142 cm³/mol. The largest absolute Gasteiger partial charge is 0.360 e. The molecule has 1 aliphatic rings. The number of H-pyrrole nitrogens is 1. The Balaban J connectivity index is 1.23. The van der Waals surface area contributed by atoms with Crippen LogP contribution in [0, 0.1) is 0 Å². The minimum atomic E-state index is -0.375. The van der Waals surface area contributed by atoms with Crippen LogP contribution in [0.1, 0.15) is 36.3 Å². The van der Waals surface area contributed by atoms with Crippen LogP contribution >= 0.6 is 11.6 Å². The molecule has 2 atom stereocenters. The zero-order valence-corrected chi connectivity index (χ0v) is 20.6. The molecule has 0 saturated heterocycles. The Morgan fingerprint density at radius 2 is 1.86 bits per heavy atom. The van der Waals surface area contributed by atoms with Gasteiger partial charge < -0.3 is 20.9 Å². The van der Waals surface area contributed by atoms with Gasteiger partial charge in [0.05, 0.1) is 35.0 Å². The maximum atomic E-state index is 12.7. The van der Waals surface area contributed by atoms with Gasteiger partial charge in [0.25, 0.3) is 5.91 Å². The number of fused-ring (bicyclic) bond motifs is 1. The van der Waals surface area contributed by atoms with Crippen LogP contribution in [-0.4, -0.2) is 48.8 Å². The lowest BCUT2D eigenvalue weighted by Crippen LogP contribution is -2.42. The zero-order chi connectivity index (χ0) is 25.8. The van der Waals surface area contributed by atoms with E-state index in [0.717, 1.165) is 41.8 Å². The third-order valence-electron chi connectivity index (χ3n) is 6.24. The van der Waals surface area contributed by atoms with Gasteiger partial charge in [0.1, 0.15) is 0 Å². The van der Waals surface area contributed by atoms with Crippen molar-refractivity contribution in [2.45, 2.75) is 37.8 Å². The number of rotatable bonds is 7. The van der Waals surface area contributed by atoms with Gasteiger partial charge in [-0.3, -0.25) is 9.59 Å². The number of hydrogen-bond acceptors (Lipinski definition) is 7. The van der Waals surface area contributed by atoms with Gasteiger partial charge in [-0.15, -0.1) is 0 Å². The highest BCUT2D eigenvalue weighted by molar-refractivity contribution is 6.33. The molecule has 1 fully saturated rings. The summed E-state index contributed by atoms with van der Waals surface area (Å²) in [6, 6.07) is 8.00. The molecule has 5 rings (SSSR count). The summed E-state index contributed by atoms with van der Waals surface area (Å²) in [7, 11) is 0. The number of nitrogens with one attached hydrogen (secondary N) is 4. The fourth-order valence-corrected chi connectivity index (χ4v) is 4.67. The van der Waals surface area contributed by atoms with Crippen LogP contribution in [0.3, 0.4) is 0 Å². The molecule has 0 radical (unpaired) electrons. The summed E-state index contributed by atoms with van der Waals surface area (Å²) >= 11 is 6.46. The maximum Gasteiger partial charge on any atom is 0.289 e. The number of nitrogens with zero attached hydrogens (tertiary/aromatic N) is 4. The van der Waals surface area contributed by atoms with Crippen LogP contribution in [0.15, 0.2) is 61.7 Å². The van der Waals surface area contributed by atoms with Crippen molar-refractivity contribution < 1.29 is 9.59 Å². The van der Waals surface area contributed by atoms with Crippen LogP contribution in [0.25, 0.3) is 22.2 Å². The molecule has 2 amide bonds. The first-order valence-corrected chi connectivity index (χ1v) is 12.3. The Bertz CT molecular complexity index is 1450. The Morgan fingerprint density at radius 3 is 2.68 bits per heavy atom. The Labute approximate surface area is 218 Å². The lowest BCUT2D eigenvalue weighted by atomic mass is 9.91. The number of amides is 2. The van der Waals surface area contributed by atoms with Gasteiger partial charge in [0.2, 0.25) is 17.7 Å². The average molecular weight is 517 g/mol. The molecule has 4 N–H and O–H groups in total. The summed E-state index contributed by atoms with van der Waals surface area (Å²) in [6.07, 6.45) is 10.8. The molecule has 1 saturated carbocycles. The predicted octanol–water partition coefficient (Wildman–Crippen LogP) is 4.35. The van der Waals surface area contributed by atoms with E-state index in [1.54, 1.807) is 6.20 Å². The smallest absolute Gasteiger partial charge is 0.289 e. The van der Waals surface area contributed by atoms with Crippen molar-refractivity contribution in [1.82, 2.24) is 30.2 Å². The molecule has 10 nitrogen and oxygen atoms in total. The summed E-state index contributed by atoms with van der Waals surface area (Å²) < 4.78 is 0. The third-order valence-corrected chi connectivity index (χ3v) is 6.52. The van der Waals surface area contributed by atoms with Gasteiger partial charge in [-0.1, -0.05) is 36.4 Å². The van der Waals surface area contributed by atoms with Gasteiger partial charge in [0, 0.05) is 34.7 Å². The van der Waals surface area contributed by atoms with Crippen molar-refractivity contribution >= 4 is 46.0 Å². The average Bonchev–Trinajstić information content (AvgIpc) is 3.34. The molecule has 4 aromatic rings. The number of carbonyl (C=O) groups is 2. The zero-order valence-electron chi connectivity index (χ0n) is 19.9. The second-order valence-corrected chi connectivity index (χ2v) is 9.21. The Hall–Kier alpha value is -4.31. The van der Waals surface area contributed by atoms with E-state index in [1.165, 1.54) is 12.4 Å². The number of halogens is 1. The van der Waals surface area contributed by atoms with Gasteiger partial charge in [-0.05, 0) is 37.8 Å². The minimum Gasteiger partial charge on any atom is -0.360 e. The van der Waals surface area contributed by atoms with Crippen molar-refractivity contribution in [1.29, 1.82) is 0 Å². The van der Waals surface area contributed by atoms with Gasteiger partial charge in [-0.2, -0.15) is 0 Å². The molecule has 11 heteroatoms. The first-order valence-electron chi connectivity index (χ1n) is 11.9. The lowest BCUT2D eigenvalue weighted by molar-refractivity contribution is -0.111. The standard InChI is InChI=1S/C26H25ClN8O2/c1-2-22(36)32-17-11-29-24(30-12-17)25(37)33-15-6-5-7-16(10-15)34-26-31-14-20(27)23(35-26)19-13-28-21-9-4-3-8-18(19)21/h2-4,8-9,11-16,28H,1,5-7,10H2,(H,32,36)(H,33,37)(H,31,34,35)/t15-,16+/m0/s1. The third kappa shape index (κ3) is 5.59. The topological polar surface area (TPSA) is 138 Å². The lowest BCUT2D eigenvalue weighted by Gasteiger charge is -2.30. The van der Waals surface area contributed by atoms with Crippen molar-refractivity contribution in [3.05, 3.63) is 72.6 Å². The normalized spacial score (nSPS) is 17.2. The van der Waals surface area contributed by atoms with E-state index in [-0.39, 0.29) is 29.7 Å². The molecule has 0 unspecified atom stereocenters. The number of para-hydroxylation sites is 1. The van der Waals surface area contributed by atoms with E-state index < -0.39 is 0 Å². The summed E-state index contributed by atoms with van der Waals surface area (Å²) in [6.45, 7) is 3.39. The van der Waals surface area contributed by atoms with Gasteiger partial charge >= 0.3 is 0 Å². The SMILES string of the molecule is C=CC(=O)Nc1cnc(C(=O)N[C@H]2CCC[C@@H](Nc3ncc(Cl)c(-c4c[nH]c5ccccc45)n3)C2)nc1. The van der Waals surface area contributed by atoms with E-state index in [9.17, 15) is 9.59 Å². The van der Waals surface area contributed by atoms with Crippen LogP contribution in [0.5, 0.6) is 0 Å². The number of hydrogen-bond donors (Lipinski definition) is 4. The first-order chi connectivity index (χ1) is 18.0. The molecule has 3 heterocycles. The highest BCUT2D eigenvalue weighted by atomic mass is 35.5. The van der Waals surface area contributed by atoms with Crippen LogP contribution in [0.4, 0.5) is 11.6 Å². The molecule has 37 heavy (non-hydrogen) atoms. The van der Waals surface area contributed by atoms with E-state index in [4.69, 9.17) is 16.6 Å². The molecule has 188 valence electrons. The molecular weight excluding hydrogens is 492 g/mol. The second kappa shape index (κ2) is 10.8. The monoisotopic (exact) mass is 516 g/mol. The van der Waals surface area contributed by atoms with E-state index in [1.807, 2.05) is 30.5 Å². The fourth-order valence-electron chi connectivity index (χ4n) is 4.48. The first kappa shape index (κ1) is 24.4. The Kier molecular flexibility index (Phi) is 7.09. The van der Waals surface area contributed by atoms with Crippen LogP contribution in [0.2, 0.25) is 5.02 Å². The van der Waals surface area contributed by atoms with Gasteiger partial charge in [0.15, 0.2) is 0 Å². The van der Waals surface area contributed by atoms with Crippen molar-refractivity contribution in [2.24, 2.45) is 0 Å². The molecule has 3 aromatic heterocycles. The van der Waals surface area contributed by atoms with Gasteiger partial charge in [-0.25, -0.2) is 19.9 Å². The number of carbonyl (C=O) groups excluding carboxylic acids is 2.